The van der Waals surface area contributed by atoms with E-state index in [1.54, 1.807) is 0 Å². The van der Waals surface area contributed by atoms with Crippen LogP contribution in [0.15, 0.2) is 36.4 Å². The Hall–Kier alpha value is -2.22. The molecule has 124 valence electrons. The summed E-state index contributed by atoms with van der Waals surface area (Å²) in [6.07, 6.45) is 0. The minimum Gasteiger partial charge on any atom is -0.353 e. The lowest BCUT2D eigenvalue weighted by atomic mass is 9.86. The van der Waals surface area contributed by atoms with E-state index in [1.807, 2.05) is 0 Å². The van der Waals surface area contributed by atoms with Crippen LogP contribution in [-0.2, 0) is 10.8 Å². The number of fused-ring (bicyclic) bond motifs is 5. The molecule has 0 aliphatic heterocycles. The Morgan fingerprint density at radius 1 is 0.583 bits per heavy atom. The maximum Gasteiger partial charge on any atom is 0.0725 e. The summed E-state index contributed by atoms with van der Waals surface area (Å²) in [5.74, 6) is 0. The van der Waals surface area contributed by atoms with Gasteiger partial charge in [0.05, 0.1) is 11.0 Å². The molecular weight excluding hydrogens is 292 g/mol. The fraction of sp³-hybridized carbons (Fsp3) is 0.364. The Morgan fingerprint density at radius 2 is 0.958 bits per heavy atom. The lowest BCUT2D eigenvalue weighted by Crippen LogP contribution is -2.10. The summed E-state index contributed by atoms with van der Waals surface area (Å²) in [6.45, 7) is 13.6. The third-order valence-electron chi connectivity index (χ3n) is 5.08. The van der Waals surface area contributed by atoms with E-state index >= 15 is 0 Å². The Kier molecular flexibility index (Phi) is 2.97. The van der Waals surface area contributed by atoms with Crippen molar-refractivity contribution < 1.29 is 0 Å². The van der Waals surface area contributed by atoms with E-state index < -0.39 is 0 Å². The standard InChI is InChI=1S/C22H26N2/c1-21(2,3)13-7-9-17-15(11-13)19-20(23-17)16-12-14(22(4,5)6)8-10-18(16)24-19/h7-12,23-24H,1-6H3. The highest BCUT2D eigenvalue weighted by Gasteiger charge is 2.19. The van der Waals surface area contributed by atoms with Crippen molar-refractivity contribution >= 4 is 32.8 Å². The van der Waals surface area contributed by atoms with Crippen molar-refractivity contribution in [1.82, 2.24) is 9.97 Å². The molecular formula is C22H26N2. The van der Waals surface area contributed by atoms with Gasteiger partial charge in [-0.15, -0.1) is 0 Å². The lowest BCUT2D eigenvalue weighted by molar-refractivity contribution is 0.591. The molecule has 4 aromatic rings. The van der Waals surface area contributed by atoms with Gasteiger partial charge < -0.3 is 9.97 Å². The molecule has 0 spiro atoms. The highest BCUT2D eigenvalue weighted by molar-refractivity contribution is 6.16. The normalized spacial score (nSPS) is 13.4. The first-order valence-electron chi connectivity index (χ1n) is 8.73. The van der Waals surface area contributed by atoms with Crippen molar-refractivity contribution in [3.05, 3.63) is 47.5 Å². The average Bonchev–Trinajstić information content (AvgIpc) is 3.00. The minimum atomic E-state index is 0.156. The molecule has 0 saturated carbocycles. The van der Waals surface area contributed by atoms with E-state index in [-0.39, 0.29) is 10.8 Å². The van der Waals surface area contributed by atoms with Crippen molar-refractivity contribution in [2.75, 3.05) is 0 Å². The summed E-state index contributed by atoms with van der Waals surface area (Å²) in [7, 11) is 0. The second-order valence-corrected chi connectivity index (χ2v) is 9.02. The number of H-pyrrole nitrogens is 2. The van der Waals surface area contributed by atoms with Crippen LogP contribution in [0.1, 0.15) is 52.7 Å². The van der Waals surface area contributed by atoms with Crippen LogP contribution in [0.5, 0.6) is 0 Å². The van der Waals surface area contributed by atoms with Gasteiger partial charge >= 0.3 is 0 Å². The highest BCUT2D eigenvalue weighted by Crippen LogP contribution is 2.35. The van der Waals surface area contributed by atoms with E-state index in [0.717, 1.165) is 0 Å². The Labute approximate surface area is 143 Å². The monoisotopic (exact) mass is 318 g/mol. The Morgan fingerprint density at radius 3 is 1.29 bits per heavy atom. The van der Waals surface area contributed by atoms with E-state index in [9.17, 15) is 0 Å². The molecule has 2 aromatic heterocycles. The van der Waals surface area contributed by atoms with Crippen LogP contribution in [-0.4, -0.2) is 9.97 Å². The molecule has 2 nitrogen and oxygen atoms in total. The van der Waals surface area contributed by atoms with Gasteiger partial charge in [0.1, 0.15) is 0 Å². The first kappa shape index (κ1) is 15.3. The Bertz CT molecular complexity index is 975. The topological polar surface area (TPSA) is 31.6 Å². The molecule has 0 fully saturated rings. The van der Waals surface area contributed by atoms with Gasteiger partial charge in [-0.1, -0.05) is 53.7 Å². The van der Waals surface area contributed by atoms with Crippen LogP contribution >= 0.6 is 0 Å². The molecule has 2 aromatic carbocycles. The number of hydrogen-bond acceptors (Lipinski definition) is 0. The Balaban J connectivity index is 2.04. The second-order valence-electron chi connectivity index (χ2n) is 9.02. The molecule has 2 N–H and O–H groups in total. The highest BCUT2D eigenvalue weighted by atomic mass is 14.8. The van der Waals surface area contributed by atoms with Gasteiger partial charge in [-0.3, -0.25) is 0 Å². The van der Waals surface area contributed by atoms with E-state index in [2.05, 4.69) is 87.9 Å². The predicted octanol–water partition coefficient (Wildman–Crippen LogP) is 6.40. The molecule has 0 saturated heterocycles. The largest absolute Gasteiger partial charge is 0.353 e. The lowest BCUT2D eigenvalue weighted by Gasteiger charge is -2.19. The molecule has 0 amide bonds. The fourth-order valence-corrected chi connectivity index (χ4v) is 3.45. The molecule has 2 heterocycles. The maximum atomic E-state index is 3.63. The number of rotatable bonds is 0. The second kappa shape index (κ2) is 4.66. The number of nitrogens with one attached hydrogen (secondary N) is 2. The van der Waals surface area contributed by atoms with Gasteiger partial charge in [0.2, 0.25) is 0 Å². The van der Waals surface area contributed by atoms with Crippen molar-refractivity contribution in [2.45, 2.75) is 52.4 Å². The molecule has 0 aliphatic carbocycles. The SMILES string of the molecule is CC(C)(C)c1ccc2[nH]c3c4cc(C(C)(C)C)ccc4[nH]c3c2c1. The van der Waals surface area contributed by atoms with Crippen LogP contribution in [0.25, 0.3) is 32.8 Å². The number of aromatic amines is 2. The number of benzene rings is 2. The fourth-order valence-electron chi connectivity index (χ4n) is 3.45. The number of hydrogen-bond donors (Lipinski definition) is 2. The molecule has 4 rings (SSSR count). The van der Waals surface area contributed by atoms with Gasteiger partial charge in [0, 0.05) is 21.8 Å². The van der Waals surface area contributed by atoms with E-state index in [4.69, 9.17) is 0 Å². The van der Waals surface area contributed by atoms with Gasteiger partial charge in [-0.2, -0.15) is 0 Å². The van der Waals surface area contributed by atoms with Gasteiger partial charge in [0.15, 0.2) is 0 Å². The number of aromatic nitrogens is 2. The van der Waals surface area contributed by atoms with Gasteiger partial charge in [-0.05, 0) is 46.2 Å². The summed E-state index contributed by atoms with van der Waals surface area (Å²) >= 11 is 0. The van der Waals surface area contributed by atoms with Crippen LogP contribution < -0.4 is 0 Å². The third kappa shape index (κ3) is 2.24. The predicted molar refractivity (Wildman–Crippen MR) is 105 cm³/mol. The zero-order chi connectivity index (χ0) is 17.3. The first-order chi connectivity index (χ1) is 11.1. The summed E-state index contributed by atoms with van der Waals surface area (Å²) in [4.78, 5) is 7.25. The average molecular weight is 318 g/mol. The van der Waals surface area contributed by atoms with Gasteiger partial charge in [-0.25, -0.2) is 0 Å². The summed E-state index contributed by atoms with van der Waals surface area (Å²) in [5.41, 5.74) is 7.88. The molecule has 0 unspecified atom stereocenters. The van der Waals surface area contributed by atoms with Crippen LogP contribution in [0.2, 0.25) is 0 Å². The molecule has 0 radical (unpaired) electrons. The maximum absolute atomic E-state index is 3.63. The van der Waals surface area contributed by atoms with Crippen LogP contribution in [0, 0.1) is 0 Å². The van der Waals surface area contributed by atoms with Crippen molar-refractivity contribution in [2.24, 2.45) is 0 Å². The molecule has 0 bridgehead atoms. The zero-order valence-electron chi connectivity index (χ0n) is 15.5. The summed E-state index contributed by atoms with van der Waals surface area (Å²) in [6, 6.07) is 13.6. The van der Waals surface area contributed by atoms with E-state index in [1.165, 1.54) is 44.0 Å². The minimum absolute atomic E-state index is 0.156. The third-order valence-corrected chi connectivity index (χ3v) is 5.08. The quantitative estimate of drug-likeness (QED) is 0.376. The molecule has 2 heteroatoms. The first-order valence-corrected chi connectivity index (χ1v) is 8.73. The molecule has 0 atom stereocenters. The smallest absolute Gasteiger partial charge is 0.0725 e. The van der Waals surface area contributed by atoms with E-state index in [0.29, 0.717) is 0 Å². The zero-order valence-corrected chi connectivity index (χ0v) is 15.5. The van der Waals surface area contributed by atoms with Crippen LogP contribution in [0.4, 0.5) is 0 Å². The summed E-state index contributed by atoms with van der Waals surface area (Å²) < 4.78 is 0. The molecule has 24 heavy (non-hydrogen) atoms. The van der Waals surface area contributed by atoms with Crippen molar-refractivity contribution in [1.29, 1.82) is 0 Å². The summed E-state index contributed by atoms with van der Waals surface area (Å²) in [5, 5.41) is 2.57. The van der Waals surface area contributed by atoms with Gasteiger partial charge in [0.25, 0.3) is 0 Å². The van der Waals surface area contributed by atoms with Crippen molar-refractivity contribution in [3.63, 3.8) is 0 Å². The molecule has 0 aliphatic rings. The van der Waals surface area contributed by atoms with Crippen molar-refractivity contribution in [3.8, 4) is 0 Å². The van der Waals surface area contributed by atoms with Crippen LogP contribution in [0.3, 0.4) is 0 Å².